The molecule has 2 heterocycles. The molecule has 1 fully saturated rings. The van der Waals surface area contributed by atoms with Gasteiger partial charge in [-0.3, -0.25) is 4.79 Å². The minimum atomic E-state index is -0.0601. The lowest BCUT2D eigenvalue weighted by molar-refractivity contribution is -0.116. The lowest BCUT2D eigenvalue weighted by Gasteiger charge is -2.20. The van der Waals surface area contributed by atoms with Crippen LogP contribution < -0.4 is 14.8 Å². The van der Waals surface area contributed by atoms with Crippen LogP contribution in [0.15, 0.2) is 33.2 Å². The first-order valence-corrected chi connectivity index (χ1v) is 9.37. The molecule has 4 rings (SSSR count). The zero-order chi connectivity index (χ0) is 17.4. The van der Waals surface area contributed by atoms with E-state index in [1.807, 2.05) is 18.2 Å². The summed E-state index contributed by atoms with van der Waals surface area (Å²) in [6, 6.07) is 7.63. The van der Waals surface area contributed by atoms with Crippen LogP contribution in [-0.2, 0) is 11.2 Å². The first kappa shape index (κ1) is 16.5. The second-order valence-electron chi connectivity index (χ2n) is 6.65. The van der Waals surface area contributed by atoms with Crippen LogP contribution in [0.3, 0.4) is 0 Å². The van der Waals surface area contributed by atoms with Gasteiger partial charge in [-0.15, -0.1) is 0 Å². The Hall–Kier alpha value is -1.95. The van der Waals surface area contributed by atoms with E-state index in [0.29, 0.717) is 49.2 Å². The van der Waals surface area contributed by atoms with E-state index in [-0.39, 0.29) is 5.91 Å². The number of carbonyl (C=O) groups is 1. The van der Waals surface area contributed by atoms with Crippen LogP contribution in [0.2, 0.25) is 0 Å². The highest BCUT2D eigenvalue weighted by Gasteiger charge is 2.36. The van der Waals surface area contributed by atoms with Crippen molar-refractivity contribution in [3.05, 3.63) is 40.3 Å². The molecule has 25 heavy (non-hydrogen) atoms. The normalized spacial score (nSPS) is 21.0. The van der Waals surface area contributed by atoms with Gasteiger partial charge in [-0.05, 0) is 40.4 Å². The smallest absolute Gasteiger partial charge is 0.224 e. The number of fused-ring (bicyclic) bond motifs is 1. The number of nitrogens with one attached hydrogen (secondary N) is 1. The van der Waals surface area contributed by atoms with Crippen molar-refractivity contribution in [1.82, 2.24) is 0 Å². The van der Waals surface area contributed by atoms with E-state index in [1.54, 1.807) is 6.07 Å². The van der Waals surface area contributed by atoms with Crippen LogP contribution in [0.4, 0.5) is 5.69 Å². The van der Waals surface area contributed by atoms with E-state index in [0.717, 1.165) is 21.9 Å². The number of anilines is 1. The predicted octanol–water partition coefficient (Wildman–Crippen LogP) is 4.51. The third-order valence-corrected chi connectivity index (χ3v) is 5.32. The number of hydrogen-bond donors (Lipinski definition) is 1. The van der Waals surface area contributed by atoms with Gasteiger partial charge in [0.25, 0.3) is 0 Å². The van der Waals surface area contributed by atoms with Gasteiger partial charge in [-0.1, -0.05) is 6.92 Å². The Morgan fingerprint density at radius 1 is 1.24 bits per heavy atom. The van der Waals surface area contributed by atoms with Gasteiger partial charge in [0, 0.05) is 35.4 Å². The lowest BCUT2D eigenvalue weighted by Crippen LogP contribution is -2.17. The molecule has 132 valence electrons. The number of carbonyl (C=O) groups excluding carboxylic acids is 1. The fraction of sp³-hybridized carbons (Fsp3) is 0.421. The summed E-state index contributed by atoms with van der Waals surface area (Å²) in [6.07, 6.45) is 2.16. The van der Waals surface area contributed by atoms with Crippen LogP contribution in [0.1, 0.15) is 37.2 Å². The highest BCUT2D eigenvalue weighted by Crippen LogP contribution is 2.47. The van der Waals surface area contributed by atoms with E-state index >= 15 is 0 Å². The summed E-state index contributed by atoms with van der Waals surface area (Å²) in [4.78, 5) is 12.3. The molecule has 1 aliphatic heterocycles. The molecule has 5 nitrogen and oxygen atoms in total. The molecule has 1 aromatic carbocycles. The Morgan fingerprint density at radius 3 is 2.68 bits per heavy atom. The fourth-order valence-corrected chi connectivity index (χ4v) is 3.48. The molecule has 0 unspecified atom stereocenters. The van der Waals surface area contributed by atoms with Gasteiger partial charge < -0.3 is 19.2 Å². The van der Waals surface area contributed by atoms with Crippen molar-refractivity contribution in [2.45, 2.75) is 32.1 Å². The second kappa shape index (κ2) is 6.75. The molecule has 0 bridgehead atoms. The highest BCUT2D eigenvalue weighted by atomic mass is 79.9. The average molecular weight is 406 g/mol. The Bertz CT molecular complexity index is 801. The Kier molecular flexibility index (Phi) is 4.46. The van der Waals surface area contributed by atoms with Gasteiger partial charge in [0.1, 0.15) is 24.7 Å². The van der Waals surface area contributed by atoms with E-state index in [2.05, 4.69) is 28.2 Å². The maximum absolute atomic E-state index is 12.3. The van der Waals surface area contributed by atoms with E-state index in [9.17, 15) is 4.79 Å². The Morgan fingerprint density at radius 2 is 1.96 bits per heavy atom. The second-order valence-corrected chi connectivity index (χ2v) is 7.50. The number of amides is 1. The highest BCUT2D eigenvalue weighted by molar-refractivity contribution is 9.10. The summed E-state index contributed by atoms with van der Waals surface area (Å²) in [6.45, 7) is 3.28. The molecular weight excluding hydrogens is 386 g/mol. The first-order valence-electron chi connectivity index (χ1n) is 8.58. The number of rotatable bonds is 5. The molecule has 2 aromatic rings. The molecule has 1 aromatic heterocycles. The zero-order valence-electron chi connectivity index (χ0n) is 14.0. The zero-order valence-corrected chi connectivity index (χ0v) is 15.6. The topological polar surface area (TPSA) is 60.7 Å². The molecule has 1 N–H and O–H groups in total. The standard InChI is InChI=1S/C19H20BrNO4/c1-11-8-13(11)16-4-2-12(25-16)3-5-19(22)21-15-10-18-17(9-14(15)20)23-6-7-24-18/h2,4,9-11,13H,3,5-8H2,1H3,(H,21,22)/t11-,13-/m0/s1. The molecule has 1 aliphatic carbocycles. The van der Waals surface area contributed by atoms with Gasteiger partial charge >= 0.3 is 0 Å². The molecular formula is C19H20BrNO4. The molecule has 1 saturated carbocycles. The van der Waals surface area contributed by atoms with Crippen molar-refractivity contribution in [2.75, 3.05) is 18.5 Å². The maximum atomic E-state index is 12.3. The summed E-state index contributed by atoms with van der Waals surface area (Å²) >= 11 is 3.46. The van der Waals surface area contributed by atoms with Gasteiger partial charge in [-0.25, -0.2) is 0 Å². The fourth-order valence-electron chi connectivity index (χ4n) is 3.06. The van der Waals surface area contributed by atoms with Crippen LogP contribution in [0.5, 0.6) is 11.5 Å². The number of halogens is 1. The van der Waals surface area contributed by atoms with Gasteiger partial charge in [0.15, 0.2) is 11.5 Å². The van der Waals surface area contributed by atoms with Crippen molar-refractivity contribution in [3.8, 4) is 11.5 Å². The predicted molar refractivity (Wildman–Crippen MR) is 97.3 cm³/mol. The number of aryl methyl sites for hydroxylation is 1. The summed E-state index contributed by atoms with van der Waals surface area (Å²) in [5.41, 5.74) is 0.682. The molecule has 0 saturated heterocycles. The van der Waals surface area contributed by atoms with E-state index in [4.69, 9.17) is 13.9 Å². The number of furan rings is 1. The minimum absolute atomic E-state index is 0.0601. The van der Waals surface area contributed by atoms with E-state index in [1.165, 1.54) is 6.42 Å². The molecule has 2 aliphatic rings. The third-order valence-electron chi connectivity index (χ3n) is 4.66. The molecule has 6 heteroatoms. The molecule has 0 spiro atoms. The molecule has 1 amide bonds. The number of hydrogen-bond acceptors (Lipinski definition) is 4. The van der Waals surface area contributed by atoms with Gasteiger partial charge in [0.2, 0.25) is 5.91 Å². The Balaban J connectivity index is 1.35. The van der Waals surface area contributed by atoms with Crippen LogP contribution in [0, 0.1) is 5.92 Å². The SMILES string of the molecule is C[C@H]1C[C@@H]1c1ccc(CCC(=O)Nc2cc3c(cc2Br)OCCO3)o1. The lowest BCUT2D eigenvalue weighted by atomic mass is 10.2. The van der Waals surface area contributed by atoms with E-state index < -0.39 is 0 Å². The summed E-state index contributed by atoms with van der Waals surface area (Å²) < 4.78 is 17.7. The van der Waals surface area contributed by atoms with Crippen molar-refractivity contribution >= 4 is 27.5 Å². The Labute approximate surface area is 154 Å². The van der Waals surface area contributed by atoms with Crippen molar-refractivity contribution < 1.29 is 18.7 Å². The van der Waals surface area contributed by atoms with Crippen molar-refractivity contribution in [1.29, 1.82) is 0 Å². The van der Waals surface area contributed by atoms with Crippen LogP contribution >= 0.6 is 15.9 Å². The maximum Gasteiger partial charge on any atom is 0.224 e. The van der Waals surface area contributed by atoms with Crippen molar-refractivity contribution in [3.63, 3.8) is 0 Å². The van der Waals surface area contributed by atoms with Gasteiger partial charge in [-0.2, -0.15) is 0 Å². The third kappa shape index (κ3) is 3.68. The summed E-state index contributed by atoms with van der Waals surface area (Å²) in [7, 11) is 0. The number of benzene rings is 1. The van der Waals surface area contributed by atoms with Crippen LogP contribution in [0.25, 0.3) is 0 Å². The largest absolute Gasteiger partial charge is 0.486 e. The molecule has 2 atom stereocenters. The molecule has 0 radical (unpaired) electrons. The van der Waals surface area contributed by atoms with Crippen molar-refractivity contribution in [2.24, 2.45) is 5.92 Å². The van der Waals surface area contributed by atoms with Gasteiger partial charge in [0.05, 0.1) is 5.69 Å². The number of ether oxygens (including phenoxy) is 2. The van der Waals surface area contributed by atoms with Crippen LogP contribution in [-0.4, -0.2) is 19.1 Å². The summed E-state index contributed by atoms with van der Waals surface area (Å²) in [5.74, 6) is 4.48. The monoisotopic (exact) mass is 405 g/mol. The summed E-state index contributed by atoms with van der Waals surface area (Å²) in [5, 5.41) is 2.92. The average Bonchev–Trinajstić information content (AvgIpc) is 3.15. The quantitative estimate of drug-likeness (QED) is 0.794. The first-order chi connectivity index (χ1) is 12.1. The minimum Gasteiger partial charge on any atom is -0.486 e.